The number of nitrogens with zero attached hydrogens (tertiary/aromatic N) is 2. The Morgan fingerprint density at radius 3 is 2.15 bits per heavy atom. The van der Waals surface area contributed by atoms with E-state index in [1.54, 1.807) is 12.1 Å². The summed E-state index contributed by atoms with van der Waals surface area (Å²) in [4.78, 5) is 12.8. The Morgan fingerprint density at radius 2 is 1.56 bits per heavy atom. The molecule has 6 heteroatoms. The second kappa shape index (κ2) is 7.70. The summed E-state index contributed by atoms with van der Waals surface area (Å²) in [7, 11) is 0. The largest absolute Gasteiger partial charge is 0.459 e. The van der Waals surface area contributed by atoms with E-state index >= 15 is 0 Å². The fraction of sp³-hybridized carbons (Fsp3) is 0.0952. The summed E-state index contributed by atoms with van der Waals surface area (Å²) in [5.74, 6) is -0.000112. The molecule has 0 amide bonds. The molecule has 0 aliphatic heterocycles. The van der Waals surface area contributed by atoms with Crippen LogP contribution in [0.3, 0.4) is 0 Å². The van der Waals surface area contributed by atoms with Gasteiger partial charge in [0.2, 0.25) is 0 Å². The first-order valence-corrected chi connectivity index (χ1v) is 8.44. The Bertz CT molecular complexity index is 956. The van der Waals surface area contributed by atoms with Gasteiger partial charge in [0.15, 0.2) is 12.4 Å². The average Bonchev–Trinajstić information content (AvgIpc) is 3.40. The molecule has 4 rings (SSSR count). The van der Waals surface area contributed by atoms with E-state index in [4.69, 9.17) is 13.6 Å². The lowest BCUT2D eigenvalue weighted by atomic mass is 9.91. The van der Waals surface area contributed by atoms with Crippen LogP contribution in [0.15, 0.2) is 87.9 Å². The maximum Gasteiger partial charge on any atom is 0.318 e. The number of furan rings is 1. The predicted octanol–water partition coefficient (Wildman–Crippen LogP) is 4.20. The molecule has 0 atom stereocenters. The Hall–Kier alpha value is -3.67. The first-order valence-electron chi connectivity index (χ1n) is 8.44. The summed E-state index contributed by atoms with van der Waals surface area (Å²) < 4.78 is 16.1. The normalized spacial score (nSPS) is 10.9. The van der Waals surface area contributed by atoms with Gasteiger partial charge in [0, 0.05) is 0 Å². The number of hydrogen-bond acceptors (Lipinski definition) is 6. The van der Waals surface area contributed by atoms with E-state index in [2.05, 4.69) is 10.2 Å². The number of hydrogen-bond donors (Lipinski definition) is 0. The van der Waals surface area contributed by atoms with Gasteiger partial charge in [0.25, 0.3) is 11.8 Å². The van der Waals surface area contributed by atoms with Crippen molar-refractivity contribution >= 4 is 5.97 Å². The van der Waals surface area contributed by atoms with E-state index in [1.807, 2.05) is 60.7 Å². The first-order chi connectivity index (χ1) is 13.3. The third-order valence-electron chi connectivity index (χ3n) is 4.04. The molecule has 27 heavy (non-hydrogen) atoms. The minimum atomic E-state index is -0.528. The molecule has 0 aliphatic rings. The Kier molecular flexibility index (Phi) is 4.78. The lowest BCUT2D eigenvalue weighted by Crippen LogP contribution is -2.17. The molecule has 6 nitrogen and oxygen atoms in total. The summed E-state index contributed by atoms with van der Waals surface area (Å²) in [6, 6.07) is 22.4. The molecular formula is C21H16N2O4. The van der Waals surface area contributed by atoms with Crippen LogP contribution in [0.25, 0.3) is 11.7 Å². The summed E-state index contributed by atoms with van der Waals surface area (Å²) in [5.41, 5.74) is 1.71. The molecular weight excluding hydrogens is 344 g/mol. The minimum absolute atomic E-state index is 0.108. The fourth-order valence-corrected chi connectivity index (χ4v) is 2.78. The molecule has 0 spiro atoms. The molecule has 0 bridgehead atoms. The number of esters is 1. The molecule has 0 fully saturated rings. The van der Waals surface area contributed by atoms with Gasteiger partial charge >= 0.3 is 5.97 Å². The van der Waals surface area contributed by atoms with Gasteiger partial charge in [-0.15, -0.1) is 10.2 Å². The summed E-state index contributed by atoms with van der Waals surface area (Å²) in [5, 5.41) is 7.79. The van der Waals surface area contributed by atoms with Gasteiger partial charge < -0.3 is 13.6 Å². The second-order valence-corrected chi connectivity index (χ2v) is 5.84. The second-order valence-electron chi connectivity index (χ2n) is 5.84. The number of aromatic nitrogens is 2. The fourth-order valence-electron chi connectivity index (χ4n) is 2.78. The van der Waals surface area contributed by atoms with Gasteiger partial charge in [0.1, 0.15) is 5.92 Å². The van der Waals surface area contributed by atoms with Crippen molar-refractivity contribution in [2.45, 2.75) is 12.5 Å². The lowest BCUT2D eigenvalue weighted by molar-refractivity contribution is -0.146. The maximum absolute atomic E-state index is 12.8. The van der Waals surface area contributed by atoms with Crippen LogP contribution in [0.5, 0.6) is 0 Å². The van der Waals surface area contributed by atoms with Crippen LogP contribution in [-0.2, 0) is 16.1 Å². The van der Waals surface area contributed by atoms with Crippen LogP contribution in [0.1, 0.15) is 22.9 Å². The molecule has 0 N–H and O–H groups in total. The molecule has 2 aromatic heterocycles. The van der Waals surface area contributed by atoms with Gasteiger partial charge in [0.05, 0.1) is 6.26 Å². The summed E-state index contributed by atoms with van der Waals surface area (Å²) >= 11 is 0. The molecule has 4 aromatic rings. The van der Waals surface area contributed by atoms with E-state index in [0.717, 1.165) is 11.1 Å². The molecule has 0 saturated heterocycles. The van der Waals surface area contributed by atoms with Crippen LogP contribution in [0, 0.1) is 0 Å². The Balaban J connectivity index is 1.51. The highest BCUT2D eigenvalue weighted by Crippen LogP contribution is 2.26. The quantitative estimate of drug-likeness (QED) is 0.479. The monoisotopic (exact) mass is 360 g/mol. The van der Waals surface area contributed by atoms with Crippen molar-refractivity contribution in [1.29, 1.82) is 0 Å². The first kappa shape index (κ1) is 16.8. The molecule has 0 unspecified atom stereocenters. The number of carbonyl (C=O) groups excluding carboxylic acids is 1. The highest BCUT2D eigenvalue weighted by molar-refractivity contribution is 5.82. The molecule has 0 radical (unpaired) electrons. The highest BCUT2D eigenvalue weighted by atomic mass is 16.5. The van der Waals surface area contributed by atoms with Crippen LogP contribution in [0.4, 0.5) is 0 Å². The Labute approximate surface area is 155 Å². The minimum Gasteiger partial charge on any atom is -0.459 e. The molecule has 2 heterocycles. The van der Waals surface area contributed by atoms with E-state index in [-0.39, 0.29) is 24.4 Å². The van der Waals surface area contributed by atoms with Crippen LogP contribution in [0.2, 0.25) is 0 Å². The maximum atomic E-state index is 12.8. The molecule has 0 aliphatic carbocycles. The van der Waals surface area contributed by atoms with Crippen molar-refractivity contribution in [2.24, 2.45) is 0 Å². The average molecular weight is 360 g/mol. The van der Waals surface area contributed by atoms with E-state index < -0.39 is 5.92 Å². The van der Waals surface area contributed by atoms with Gasteiger partial charge in [-0.1, -0.05) is 60.7 Å². The van der Waals surface area contributed by atoms with Gasteiger partial charge in [-0.3, -0.25) is 4.79 Å². The van der Waals surface area contributed by atoms with Crippen LogP contribution >= 0.6 is 0 Å². The van der Waals surface area contributed by atoms with Gasteiger partial charge in [-0.05, 0) is 23.3 Å². The topological polar surface area (TPSA) is 78.4 Å². The van der Waals surface area contributed by atoms with E-state index in [1.165, 1.54) is 6.26 Å². The van der Waals surface area contributed by atoms with Gasteiger partial charge in [-0.2, -0.15) is 0 Å². The predicted molar refractivity (Wildman–Crippen MR) is 96.5 cm³/mol. The summed E-state index contributed by atoms with van der Waals surface area (Å²) in [6.07, 6.45) is 1.52. The summed E-state index contributed by atoms with van der Waals surface area (Å²) in [6.45, 7) is -0.108. The molecule has 2 aromatic carbocycles. The standard InChI is InChI=1S/C21H16N2O4/c24-21(26-14-18-22-23-20(27-18)17-12-7-13-25-17)19(15-8-3-1-4-9-15)16-10-5-2-6-11-16/h1-13,19H,14H2. The number of ether oxygens (including phenoxy) is 1. The van der Waals surface area contributed by atoms with Crippen molar-refractivity contribution < 1.29 is 18.4 Å². The lowest BCUT2D eigenvalue weighted by Gasteiger charge is -2.16. The van der Waals surface area contributed by atoms with E-state index in [0.29, 0.717) is 5.76 Å². The van der Waals surface area contributed by atoms with Crippen molar-refractivity contribution in [1.82, 2.24) is 10.2 Å². The van der Waals surface area contributed by atoms with Crippen molar-refractivity contribution in [3.8, 4) is 11.7 Å². The van der Waals surface area contributed by atoms with Crippen molar-refractivity contribution in [3.63, 3.8) is 0 Å². The third kappa shape index (κ3) is 3.79. The zero-order chi connectivity index (χ0) is 18.5. The molecule has 134 valence electrons. The van der Waals surface area contributed by atoms with Crippen LogP contribution < -0.4 is 0 Å². The van der Waals surface area contributed by atoms with Crippen LogP contribution in [-0.4, -0.2) is 16.2 Å². The SMILES string of the molecule is O=C(OCc1nnc(-c2ccco2)o1)C(c1ccccc1)c1ccccc1. The molecule has 0 saturated carbocycles. The highest BCUT2D eigenvalue weighted by Gasteiger charge is 2.25. The third-order valence-corrected chi connectivity index (χ3v) is 4.04. The Morgan fingerprint density at radius 1 is 0.889 bits per heavy atom. The number of benzene rings is 2. The van der Waals surface area contributed by atoms with Crippen molar-refractivity contribution in [2.75, 3.05) is 0 Å². The van der Waals surface area contributed by atoms with Gasteiger partial charge in [-0.25, -0.2) is 0 Å². The van der Waals surface area contributed by atoms with E-state index in [9.17, 15) is 4.79 Å². The number of carbonyl (C=O) groups is 1. The van der Waals surface area contributed by atoms with Crippen molar-refractivity contribution in [3.05, 3.63) is 96.1 Å². The zero-order valence-corrected chi connectivity index (χ0v) is 14.3. The zero-order valence-electron chi connectivity index (χ0n) is 14.3. The smallest absolute Gasteiger partial charge is 0.318 e. The number of rotatable bonds is 6.